The highest BCUT2D eigenvalue weighted by Crippen LogP contribution is 2.50. The molecule has 1 atom stereocenters. The van der Waals surface area contributed by atoms with Crippen LogP contribution in [0.25, 0.3) is 22.7 Å². The molecule has 0 radical (unpaired) electrons. The standard InChI is InChI=1S/C23H25N9O2/c1-23(16-4-5-16,17-6-7-18(25-11-17)14-8-26-22(24)27-9-14)21-29-20(34-30-21)15-10-28-32(12-15)13-19(33)31(2)3/h6-12,16H,4-5,13H2,1-3H3,(H2,24,26,27)/t23-/m1/s1. The molecule has 1 fully saturated rings. The maximum Gasteiger partial charge on any atom is 0.261 e. The molecule has 1 aliphatic carbocycles. The second-order valence-corrected chi connectivity index (χ2v) is 8.88. The molecule has 4 aromatic heterocycles. The van der Waals surface area contributed by atoms with Gasteiger partial charge >= 0.3 is 0 Å². The number of likely N-dealkylation sites (N-methyl/N-ethyl adjacent to an activating group) is 1. The monoisotopic (exact) mass is 459 g/mol. The zero-order chi connectivity index (χ0) is 23.9. The van der Waals surface area contributed by atoms with Crippen LogP contribution in [0, 0.1) is 5.92 Å². The fraction of sp³-hybridized carbons (Fsp3) is 0.348. The summed E-state index contributed by atoms with van der Waals surface area (Å²) in [5.74, 6) is 1.54. The number of nitrogens with zero attached hydrogens (tertiary/aromatic N) is 8. The number of carbonyl (C=O) groups excluding carboxylic acids is 1. The van der Waals surface area contributed by atoms with E-state index in [1.165, 1.54) is 4.90 Å². The Kier molecular flexibility index (Phi) is 5.31. The summed E-state index contributed by atoms with van der Waals surface area (Å²) in [4.78, 5) is 30.9. The lowest BCUT2D eigenvalue weighted by Gasteiger charge is -2.26. The second kappa shape index (κ2) is 8.32. The Hall–Kier alpha value is -4.15. The van der Waals surface area contributed by atoms with Gasteiger partial charge in [0.1, 0.15) is 6.54 Å². The molecule has 2 N–H and O–H groups in total. The van der Waals surface area contributed by atoms with Gasteiger partial charge in [-0.05, 0) is 37.3 Å². The first-order valence-corrected chi connectivity index (χ1v) is 11.0. The van der Waals surface area contributed by atoms with Crippen molar-refractivity contribution in [3.05, 3.63) is 54.5 Å². The molecule has 174 valence electrons. The average molecular weight is 460 g/mol. The number of rotatable bonds is 7. The van der Waals surface area contributed by atoms with E-state index in [0.29, 0.717) is 23.2 Å². The van der Waals surface area contributed by atoms with Gasteiger partial charge < -0.3 is 15.2 Å². The second-order valence-electron chi connectivity index (χ2n) is 8.88. The number of carbonyl (C=O) groups is 1. The van der Waals surface area contributed by atoms with Gasteiger partial charge in [0.05, 0.1) is 22.9 Å². The first-order chi connectivity index (χ1) is 16.3. The highest BCUT2D eigenvalue weighted by Gasteiger charge is 2.47. The number of anilines is 1. The minimum absolute atomic E-state index is 0.0522. The van der Waals surface area contributed by atoms with Crippen LogP contribution in [0.3, 0.4) is 0 Å². The van der Waals surface area contributed by atoms with Crippen molar-refractivity contribution in [2.24, 2.45) is 5.92 Å². The van der Waals surface area contributed by atoms with E-state index in [1.807, 2.05) is 18.3 Å². The van der Waals surface area contributed by atoms with Crippen molar-refractivity contribution >= 4 is 11.9 Å². The summed E-state index contributed by atoms with van der Waals surface area (Å²) in [6.45, 7) is 2.27. The van der Waals surface area contributed by atoms with E-state index < -0.39 is 5.41 Å². The highest BCUT2D eigenvalue weighted by atomic mass is 16.5. The molecule has 11 heteroatoms. The lowest BCUT2D eigenvalue weighted by atomic mass is 9.77. The summed E-state index contributed by atoms with van der Waals surface area (Å²) in [6.07, 6.45) is 10.7. The predicted molar refractivity (Wildman–Crippen MR) is 123 cm³/mol. The molecule has 0 bridgehead atoms. The first-order valence-electron chi connectivity index (χ1n) is 11.0. The van der Waals surface area contributed by atoms with Crippen LogP contribution >= 0.6 is 0 Å². The van der Waals surface area contributed by atoms with Gasteiger partial charge in [-0.2, -0.15) is 10.1 Å². The summed E-state index contributed by atoms with van der Waals surface area (Å²) in [6, 6.07) is 3.98. The lowest BCUT2D eigenvalue weighted by Crippen LogP contribution is -2.28. The van der Waals surface area contributed by atoms with Crippen LogP contribution in [0.1, 0.15) is 31.2 Å². The van der Waals surface area contributed by atoms with Crippen molar-refractivity contribution in [1.29, 1.82) is 0 Å². The zero-order valence-corrected chi connectivity index (χ0v) is 19.2. The maximum atomic E-state index is 12.0. The number of amides is 1. The van der Waals surface area contributed by atoms with Crippen LogP contribution in [-0.4, -0.2) is 59.8 Å². The third-order valence-electron chi connectivity index (χ3n) is 6.29. The van der Waals surface area contributed by atoms with Crippen LogP contribution < -0.4 is 5.73 Å². The van der Waals surface area contributed by atoms with Crippen LogP contribution in [0.15, 0.2) is 47.6 Å². The molecule has 1 saturated carbocycles. The molecule has 4 heterocycles. The third-order valence-corrected chi connectivity index (χ3v) is 6.29. The lowest BCUT2D eigenvalue weighted by molar-refractivity contribution is -0.129. The summed E-state index contributed by atoms with van der Waals surface area (Å²) in [7, 11) is 3.42. The summed E-state index contributed by atoms with van der Waals surface area (Å²) in [5, 5.41) is 8.58. The number of hydrogen-bond acceptors (Lipinski definition) is 9. The van der Waals surface area contributed by atoms with E-state index in [4.69, 9.17) is 15.2 Å². The Morgan fingerprint density at radius 3 is 2.56 bits per heavy atom. The minimum Gasteiger partial charge on any atom is -0.368 e. The van der Waals surface area contributed by atoms with Gasteiger partial charge in [-0.1, -0.05) is 11.2 Å². The highest BCUT2D eigenvalue weighted by molar-refractivity contribution is 5.75. The van der Waals surface area contributed by atoms with E-state index in [1.54, 1.807) is 43.6 Å². The summed E-state index contributed by atoms with van der Waals surface area (Å²) < 4.78 is 7.17. The normalized spacial score (nSPS) is 15.1. The Morgan fingerprint density at radius 1 is 1.15 bits per heavy atom. The zero-order valence-electron chi connectivity index (χ0n) is 19.2. The van der Waals surface area contributed by atoms with Crippen LogP contribution in [-0.2, 0) is 16.8 Å². The fourth-order valence-corrected chi connectivity index (χ4v) is 3.94. The van der Waals surface area contributed by atoms with Crippen LogP contribution in [0.4, 0.5) is 5.95 Å². The van der Waals surface area contributed by atoms with Crippen molar-refractivity contribution in [3.8, 4) is 22.7 Å². The van der Waals surface area contributed by atoms with Gasteiger partial charge in [0.25, 0.3) is 5.89 Å². The molecule has 0 aliphatic heterocycles. The van der Waals surface area contributed by atoms with Gasteiger partial charge in [0.2, 0.25) is 11.9 Å². The van der Waals surface area contributed by atoms with E-state index in [-0.39, 0.29) is 18.4 Å². The number of nitrogens with two attached hydrogens (primary N) is 1. The summed E-state index contributed by atoms with van der Waals surface area (Å²) in [5.41, 5.74) is 8.37. The molecule has 1 amide bonds. The van der Waals surface area contributed by atoms with Gasteiger partial charge in [-0.25, -0.2) is 9.97 Å². The van der Waals surface area contributed by atoms with Gasteiger partial charge in [-0.15, -0.1) is 0 Å². The minimum atomic E-state index is -0.443. The molecular weight excluding hydrogens is 434 g/mol. The molecule has 11 nitrogen and oxygen atoms in total. The molecule has 1 aliphatic rings. The van der Waals surface area contributed by atoms with Crippen LogP contribution in [0.2, 0.25) is 0 Å². The first kappa shape index (κ1) is 21.7. The molecule has 0 aromatic carbocycles. The number of hydrogen-bond donors (Lipinski definition) is 1. The average Bonchev–Trinajstić information content (AvgIpc) is 3.39. The van der Waals surface area contributed by atoms with Crippen molar-refractivity contribution in [2.75, 3.05) is 19.8 Å². The summed E-state index contributed by atoms with van der Waals surface area (Å²) >= 11 is 0. The Balaban J connectivity index is 1.41. The smallest absolute Gasteiger partial charge is 0.261 e. The Labute approximate surface area is 196 Å². The fourth-order valence-electron chi connectivity index (χ4n) is 3.94. The maximum absolute atomic E-state index is 12.0. The largest absolute Gasteiger partial charge is 0.368 e. The van der Waals surface area contributed by atoms with Gasteiger partial charge in [-0.3, -0.25) is 14.5 Å². The predicted octanol–water partition coefficient (Wildman–Crippen LogP) is 2.17. The van der Waals surface area contributed by atoms with E-state index >= 15 is 0 Å². The number of nitrogen functional groups attached to an aromatic ring is 1. The van der Waals surface area contributed by atoms with Crippen molar-refractivity contribution in [1.82, 2.24) is 39.8 Å². The van der Waals surface area contributed by atoms with E-state index in [9.17, 15) is 4.79 Å². The van der Waals surface area contributed by atoms with Crippen molar-refractivity contribution in [2.45, 2.75) is 31.7 Å². The molecule has 0 saturated heterocycles. The Bertz CT molecular complexity index is 1310. The van der Waals surface area contributed by atoms with E-state index in [0.717, 1.165) is 29.7 Å². The Morgan fingerprint density at radius 2 is 1.91 bits per heavy atom. The van der Waals surface area contributed by atoms with Crippen molar-refractivity contribution < 1.29 is 9.32 Å². The SMILES string of the molecule is CN(C)C(=O)Cn1cc(-c2nc([C@@](C)(c3ccc(-c4cnc(N)nc4)nc3)C3CC3)no2)cn1. The molecule has 4 aromatic rings. The van der Waals surface area contributed by atoms with E-state index in [2.05, 4.69) is 32.1 Å². The van der Waals surface area contributed by atoms with Gasteiger partial charge in [0.15, 0.2) is 5.82 Å². The molecular formula is C23H25N9O2. The quantitative estimate of drug-likeness (QED) is 0.440. The number of pyridine rings is 1. The third kappa shape index (κ3) is 4.00. The molecule has 5 rings (SSSR count). The molecule has 0 spiro atoms. The topological polar surface area (TPSA) is 142 Å². The van der Waals surface area contributed by atoms with Gasteiger partial charge in [0, 0.05) is 44.4 Å². The molecule has 34 heavy (non-hydrogen) atoms. The van der Waals surface area contributed by atoms with Crippen LogP contribution in [0.5, 0.6) is 0 Å². The number of aromatic nitrogens is 7. The molecule has 0 unspecified atom stereocenters. The van der Waals surface area contributed by atoms with Crippen molar-refractivity contribution in [3.63, 3.8) is 0 Å².